The van der Waals surface area contributed by atoms with Crippen LogP contribution in [0.4, 0.5) is 0 Å². The smallest absolute Gasteiger partial charge is 0.266 e. The zero-order chi connectivity index (χ0) is 19.0. The molecule has 6 nitrogen and oxygen atoms in total. The summed E-state index contributed by atoms with van der Waals surface area (Å²) < 4.78 is 28.8. The third-order valence-corrected chi connectivity index (χ3v) is 7.24. The van der Waals surface area contributed by atoms with E-state index in [1.165, 1.54) is 20.6 Å². The minimum absolute atomic E-state index is 0.203. The van der Waals surface area contributed by atoms with Crippen molar-refractivity contribution in [2.75, 3.05) is 19.3 Å². The first kappa shape index (κ1) is 18.2. The van der Waals surface area contributed by atoms with Crippen LogP contribution >= 0.6 is 11.8 Å². The largest absolute Gasteiger partial charge is 0.268 e. The number of hydrogen-bond acceptors (Lipinski definition) is 5. The van der Waals surface area contributed by atoms with E-state index in [0.29, 0.717) is 34.8 Å². The maximum atomic E-state index is 13.1. The molecule has 0 bridgehead atoms. The van der Waals surface area contributed by atoms with Crippen molar-refractivity contribution in [2.24, 2.45) is 0 Å². The number of sulfonamides is 1. The van der Waals surface area contributed by atoms with Crippen LogP contribution in [-0.4, -0.2) is 41.6 Å². The zero-order valence-corrected chi connectivity index (χ0v) is 16.5. The van der Waals surface area contributed by atoms with Gasteiger partial charge in [0.1, 0.15) is 0 Å². The quantitative estimate of drug-likeness (QED) is 0.497. The number of benzene rings is 2. The predicted molar refractivity (Wildman–Crippen MR) is 107 cm³/mol. The highest BCUT2D eigenvalue weighted by Crippen LogP contribution is 2.24. The number of aromatic nitrogens is 2. The van der Waals surface area contributed by atoms with Crippen molar-refractivity contribution in [2.45, 2.75) is 22.9 Å². The first-order valence-corrected chi connectivity index (χ1v) is 11.4. The van der Waals surface area contributed by atoms with E-state index in [1.54, 1.807) is 42.5 Å². The predicted octanol–water partition coefficient (Wildman–Crippen LogP) is 2.89. The van der Waals surface area contributed by atoms with Gasteiger partial charge in [-0.05, 0) is 49.4 Å². The van der Waals surface area contributed by atoms with Gasteiger partial charge in [-0.2, -0.15) is 4.31 Å². The summed E-state index contributed by atoms with van der Waals surface area (Å²) in [5.41, 5.74) is 0.924. The molecule has 0 N–H and O–H groups in total. The first-order chi connectivity index (χ1) is 13.0. The van der Waals surface area contributed by atoms with E-state index in [-0.39, 0.29) is 10.5 Å². The highest BCUT2D eigenvalue weighted by Gasteiger charge is 2.27. The van der Waals surface area contributed by atoms with Crippen molar-refractivity contribution in [3.8, 4) is 5.69 Å². The molecule has 4 rings (SSSR count). The molecule has 0 spiro atoms. The summed E-state index contributed by atoms with van der Waals surface area (Å²) in [5, 5.41) is 1.03. The molecule has 0 saturated carbocycles. The number of rotatable bonds is 4. The Morgan fingerprint density at radius 2 is 1.78 bits per heavy atom. The molecule has 8 heteroatoms. The Balaban J connectivity index is 1.90. The molecule has 0 atom stereocenters. The molecular weight excluding hydrogens is 382 g/mol. The van der Waals surface area contributed by atoms with E-state index in [0.717, 1.165) is 12.8 Å². The highest BCUT2D eigenvalue weighted by molar-refractivity contribution is 7.98. The van der Waals surface area contributed by atoms with Crippen LogP contribution in [-0.2, 0) is 10.0 Å². The second kappa shape index (κ2) is 7.10. The first-order valence-electron chi connectivity index (χ1n) is 8.69. The van der Waals surface area contributed by atoms with Gasteiger partial charge in [-0.3, -0.25) is 9.36 Å². The normalized spacial score (nSPS) is 15.4. The second-order valence-corrected chi connectivity index (χ2v) is 9.08. The van der Waals surface area contributed by atoms with Gasteiger partial charge < -0.3 is 0 Å². The highest BCUT2D eigenvalue weighted by atomic mass is 32.2. The van der Waals surface area contributed by atoms with Crippen molar-refractivity contribution in [3.05, 3.63) is 58.9 Å². The maximum absolute atomic E-state index is 13.1. The minimum Gasteiger partial charge on any atom is -0.268 e. The van der Waals surface area contributed by atoms with Gasteiger partial charge in [-0.15, -0.1) is 0 Å². The lowest BCUT2D eigenvalue weighted by Gasteiger charge is -2.17. The van der Waals surface area contributed by atoms with Crippen LogP contribution < -0.4 is 5.56 Å². The average Bonchev–Trinajstić information content (AvgIpc) is 3.23. The third kappa shape index (κ3) is 3.18. The minimum atomic E-state index is -3.55. The summed E-state index contributed by atoms with van der Waals surface area (Å²) in [5.74, 6) is 0. The molecule has 27 heavy (non-hydrogen) atoms. The average molecular weight is 402 g/mol. The number of para-hydroxylation sites is 1. The molecular formula is C19H19N3O3S2. The summed E-state index contributed by atoms with van der Waals surface area (Å²) in [7, 11) is -3.55. The fraction of sp³-hybridized carbons (Fsp3) is 0.263. The maximum Gasteiger partial charge on any atom is 0.266 e. The lowest BCUT2D eigenvalue weighted by molar-refractivity contribution is 0.477. The molecule has 2 heterocycles. The SMILES string of the molecule is CSc1nc2ccccc2c(=O)n1-c1cccc(S(=O)(=O)N2CCCC2)c1. The van der Waals surface area contributed by atoms with Gasteiger partial charge in [0.05, 0.1) is 21.5 Å². The monoisotopic (exact) mass is 401 g/mol. The van der Waals surface area contributed by atoms with Crippen LogP contribution in [0.15, 0.2) is 63.4 Å². The molecule has 0 aliphatic carbocycles. The Morgan fingerprint density at radius 1 is 1.04 bits per heavy atom. The van der Waals surface area contributed by atoms with E-state index in [9.17, 15) is 13.2 Å². The third-order valence-electron chi connectivity index (χ3n) is 4.71. The van der Waals surface area contributed by atoms with Crippen LogP contribution in [0, 0.1) is 0 Å². The van der Waals surface area contributed by atoms with Crippen molar-refractivity contribution >= 4 is 32.7 Å². The van der Waals surface area contributed by atoms with Crippen molar-refractivity contribution in [3.63, 3.8) is 0 Å². The van der Waals surface area contributed by atoms with Crippen LogP contribution in [0.1, 0.15) is 12.8 Å². The lowest BCUT2D eigenvalue weighted by atomic mass is 10.2. The molecule has 0 radical (unpaired) electrons. The Kier molecular flexibility index (Phi) is 4.79. The molecule has 1 aliphatic heterocycles. The molecule has 3 aromatic rings. The second-order valence-electron chi connectivity index (χ2n) is 6.36. The van der Waals surface area contributed by atoms with Gasteiger partial charge in [-0.25, -0.2) is 13.4 Å². The fourth-order valence-corrected chi connectivity index (χ4v) is 5.46. The van der Waals surface area contributed by atoms with Gasteiger partial charge in [0.25, 0.3) is 5.56 Å². The van der Waals surface area contributed by atoms with Crippen LogP contribution in [0.25, 0.3) is 16.6 Å². The van der Waals surface area contributed by atoms with E-state index >= 15 is 0 Å². The Labute approximate surface area is 161 Å². The van der Waals surface area contributed by atoms with Crippen molar-refractivity contribution < 1.29 is 8.42 Å². The fourth-order valence-electron chi connectivity index (χ4n) is 3.34. The molecule has 1 aliphatic rings. The number of nitrogens with zero attached hydrogens (tertiary/aromatic N) is 3. The number of hydrogen-bond donors (Lipinski definition) is 0. The van der Waals surface area contributed by atoms with Crippen molar-refractivity contribution in [1.82, 2.24) is 13.9 Å². The topological polar surface area (TPSA) is 72.3 Å². The lowest BCUT2D eigenvalue weighted by Crippen LogP contribution is -2.28. The van der Waals surface area contributed by atoms with E-state index < -0.39 is 10.0 Å². The Bertz CT molecular complexity index is 1170. The van der Waals surface area contributed by atoms with Crippen LogP contribution in [0.5, 0.6) is 0 Å². The Morgan fingerprint density at radius 3 is 2.52 bits per heavy atom. The molecule has 1 saturated heterocycles. The van der Waals surface area contributed by atoms with Gasteiger partial charge >= 0.3 is 0 Å². The number of thioether (sulfide) groups is 1. The Hall–Kier alpha value is -2.16. The van der Waals surface area contributed by atoms with Gasteiger partial charge in [-0.1, -0.05) is 30.0 Å². The standard InChI is InChI=1S/C19H19N3O3S2/c1-26-19-20-17-10-3-2-9-16(17)18(23)22(19)14-7-6-8-15(13-14)27(24,25)21-11-4-5-12-21/h2-3,6-10,13H,4-5,11-12H2,1H3. The van der Waals surface area contributed by atoms with Crippen LogP contribution in [0.2, 0.25) is 0 Å². The summed E-state index contributed by atoms with van der Waals surface area (Å²) in [6.07, 6.45) is 3.60. The van der Waals surface area contributed by atoms with Crippen LogP contribution in [0.3, 0.4) is 0 Å². The van der Waals surface area contributed by atoms with Gasteiger partial charge in [0, 0.05) is 13.1 Å². The van der Waals surface area contributed by atoms with Gasteiger partial charge in [0.15, 0.2) is 5.16 Å². The zero-order valence-electron chi connectivity index (χ0n) is 14.8. The molecule has 140 valence electrons. The van der Waals surface area contributed by atoms with Crippen molar-refractivity contribution in [1.29, 1.82) is 0 Å². The molecule has 1 aromatic heterocycles. The molecule has 0 unspecified atom stereocenters. The molecule has 1 fully saturated rings. The van der Waals surface area contributed by atoms with E-state index in [4.69, 9.17) is 0 Å². The molecule has 2 aromatic carbocycles. The summed E-state index contributed by atoms with van der Waals surface area (Å²) >= 11 is 1.35. The summed E-state index contributed by atoms with van der Waals surface area (Å²) in [4.78, 5) is 17.8. The van der Waals surface area contributed by atoms with E-state index in [2.05, 4.69) is 4.98 Å². The number of fused-ring (bicyclic) bond motifs is 1. The summed E-state index contributed by atoms with van der Waals surface area (Å²) in [6.45, 7) is 1.08. The molecule has 0 amide bonds. The van der Waals surface area contributed by atoms with E-state index in [1.807, 2.05) is 12.3 Å². The summed E-state index contributed by atoms with van der Waals surface area (Å²) in [6, 6.07) is 13.7. The van der Waals surface area contributed by atoms with Gasteiger partial charge in [0.2, 0.25) is 10.0 Å².